The van der Waals surface area contributed by atoms with Gasteiger partial charge in [0.1, 0.15) is 7.11 Å². The molecule has 0 radical (unpaired) electrons. The number of benzene rings is 1. The quantitative estimate of drug-likeness (QED) is 0.434. The molecule has 0 atom stereocenters. The second-order valence-electron chi connectivity index (χ2n) is 5.30. The molecular formula is C16H21N3O4. The number of amides is 2. The molecule has 0 saturated heterocycles. The number of carbonyl (C=O) groups excluding carboxylic acids is 2. The largest absolute Gasteiger partial charge is 0.398 e. The van der Waals surface area contributed by atoms with Crippen LogP contribution in [0, 0.1) is 0 Å². The van der Waals surface area contributed by atoms with Crippen LogP contribution in [-0.2, 0) is 14.4 Å². The fourth-order valence-electron chi connectivity index (χ4n) is 2.63. The maximum Gasteiger partial charge on any atom is 0.281 e. The minimum Gasteiger partial charge on any atom is -0.398 e. The summed E-state index contributed by atoms with van der Waals surface area (Å²) in [4.78, 5) is 29.8. The summed E-state index contributed by atoms with van der Waals surface area (Å²) in [6, 6.07) is 7.52. The van der Waals surface area contributed by atoms with Gasteiger partial charge in [0.05, 0.1) is 5.69 Å². The number of unbranched alkanes of at least 4 members (excludes halogenated alkanes) is 3. The average Bonchev–Trinajstić information content (AvgIpc) is 2.83. The lowest BCUT2D eigenvalue weighted by molar-refractivity contribution is -0.129. The molecule has 1 aliphatic heterocycles. The van der Waals surface area contributed by atoms with E-state index in [1.165, 1.54) is 7.11 Å². The van der Waals surface area contributed by atoms with Gasteiger partial charge >= 0.3 is 0 Å². The first kappa shape index (κ1) is 17.0. The number of anilines is 1. The molecule has 1 aromatic rings. The van der Waals surface area contributed by atoms with E-state index in [0.717, 1.165) is 30.5 Å². The first-order valence-electron chi connectivity index (χ1n) is 7.64. The molecule has 0 spiro atoms. The van der Waals surface area contributed by atoms with Gasteiger partial charge in [0.15, 0.2) is 5.71 Å². The SMILES string of the molecule is CO/N=C1\C(=O)N(CCCCCCC(=O)NO)c2ccccc21. The molecule has 1 aliphatic rings. The fourth-order valence-corrected chi connectivity index (χ4v) is 2.63. The third-order valence-electron chi connectivity index (χ3n) is 3.74. The highest BCUT2D eigenvalue weighted by molar-refractivity contribution is 6.54. The molecule has 7 nitrogen and oxygen atoms in total. The van der Waals surface area contributed by atoms with Crippen molar-refractivity contribution in [2.24, 2.45) is 5.16 Å². The van der Waals surface area contributed by atoms with Crippen molar-refractivity contribution in [1.29, 1.82) is 0 Å². The zero-order valence-corrected chi connectivity index (χ0v) is 13.1. The van der Waals surface area contributed by atoms with E-state index in [4.69, 9.17) is 10.0 Å². The Balaban J connectivity index is 1.87. The Morgan fingerprint density at radius 2 is 2.00 bits per heavy atom. The van der Waals surface area contributed by atoms with Crippen molar-refractivity contribution < 1.29 is 19.6 Å². The van der Waals surface area contributed by atoms with Crippen LogP contribution < -0.4 is 10.4 Å². The Kier molecular flexibility index (Phi) is 6.10. The number of nitrogens with one attached hydrogen (secondary N) is 1. The normalized spacial score (nSPS) is 15.0. The number of carbonyl (C=O) groups is 2. The van der Waals surface area contributed by atoms with E-state index in [1.807, 2.05) is 24.3 Å². The summed E-state index contributed by atoms with van der Waals surface area (Å²) in [6.07, 6.45) is 3.64. The minimum absolute atomic E-state index is 0.146. The van der Waals surface area contributed by atoms with E-state index in [-0.39, 0.29) is 11.8 Å². The van der Waals surface area contributed by atoms with E-state index >= 15 is 0 Å². The van der Waals surface area contributed by atoms with Crippen LogP contribution in [0.25, 0.3) is 0 Å². The number of hydrogen-bond acceptors (Lipinski definition) is 5. The molecule has 0 aromatic heterocycles. The van der Waals surface area contributed by atoms with Gasteiger partial charge < -0.3 is 9.74 Å². The summed E-state index contributed by atoms with van der Waals surface area (Å²) in [5.41, 5.74) is 3.60. The van der Waals surface area contributed by atoms with E-state index < -0.39 is 0 Å². The van der Waals surface area contributed by atoms with Crippen molar-refractivity contribution in [3.05, 3.63) is 29.8 Å². The Labute approximate surface area is 134 Å². The van der Waals surface area contributed by atoms with Crippen LogP contribution in [0.4, 0.5) is 5.69 Å². The molecule has 0 aliphatic carbocycles. The molecule has 0 unspecified atom stereocenters. The number of fused-ring (bicyclic) bond motifs is 1. The van der Waals surface area contributed by atoms with Crippen molar-refractivity contribution in [3.8, 4) is 0 Å². The molecule has 23 heavy (non-hydrogen) atoms. The first-order chi connectivity index (χ1) is 11.2. The maximum atomic E-state index is 12.4. The van der Waals surface area contributed by atoms with Crippen molar-refractivity contribution in [2.75, 3.05) is 18.6 Å². The van der Waals surface area contributed by atoms with Gasteiger partial charge in [-0.05, 0) is 18.9 Å². The van der Waals surface area contributed by atoms with Crippen molar-refractivity contribution in [2.45, 2.75) is 32.1 Å². The molecule has 0 saturated carbocycles. The third kappa shape index (κ3) is 4.07. The van der Waals surface area contributed by atoms with Crippen LogP contribution in [0.3, 0.4) is 0 Å². The highest BCUT2D eigenvalue weighted by Crippen LogP contribution is 2.29. The maximum absolute atomic E-state index is 12.4. The van der Waals surface area contributed by atoms with Crippen molar-refractivity contribution >= 4 is 23.2 Å². The van der Waals surface area contributed by atoms with E-state index in [2.05, 4.69) is 5.16 Å². The predicted octanol–water partition coefficient (Wildman–Crippen LogP) is 1.84. The minimum atomic E-state index is -0.367. The van der Waals surface area contributed by atoms with Gasteiger partial charge in [-0.2, -0.15) is 0 Å². The van der Waals surface area contributed by atoms with Gasteiger partial charge in [-0.1, -0.05) is 36.2 Å². The van der Waals surface area contributed by atoms with Crippen LogP contribution in [0.15, 0.2) is 29.4 Å². The Hall–Kier alpha value is -2.41. The van der Waals surface area contributed by atoms with Crippen LogP contribution in [0.2, 0.25) is 0 Å². The molecule has 124 valence electrons. The van der Waals surface area contributed by atoms with Crippen molar-refractivity contribution in [3.63, 3.8) is 0 Å². The highest BCUT2D eigenvalue weighted by atomic mass is 16.6. The van der Waals surface area contributed by atoms with E-state index in [0.29, 0.717) is 25.1 Å². The number of nitrogens with zero attached hydrogens (tertiary/aromatic N) is 2. The van der Waals surface area contributed by atoms with Crippen molar-refractivity contribution in [1.82, 2.24) is 5.48 Å². The fraction of sp³-hybridized carbons (Fsp3) is 0.438. The van der Waals surface area contributed by atoms with Gasteiger partial charge in [-0.15, -0.1) is 0 Å². The standard InChI is InChI=1S/C16H21N3O4/c1-23-18-15-12-8-5-6-9-13(12)19(16(15)21)11-7-3-2-4-10-14(20)17-22/h5-6,8-9,22H,2-4,7,10-11H2,1H3,(H,17,20)/b18-15-. The summed E-state index contributed by atoms with van der Waals surface area (Å²) in [6.45, 7) is 0.602. The van der Waals surface area contributed by atoms with E-state index in [9.17, 15) is 9.59 Å². The summed E-state index contributed by atoms with van der Waals surface area (Å²) in [5, 5.41) is 12.2. The molecule has 2 N–H and O–H groups in total. The van der Waals surface area contributed by atoms with Gasteiger partial charge in [0, 0.05) is 18.5 Å². The summed E-state index contributed by atoms with van der Waals surface area (Å²) < 4.78 is 0. The molecule has 2 rings (SSSR count). The van der Waals surface area contributed by atoms with Crippen LogP contribution >= 0.6 is 0 Å². The Bertz CT molecular complexity index is 601. The third-order valence-corrected chi connectivity index (χ3v) is 3.74. The second kappa shape index (κ2) is 8.28. The molecular weight excluding hydrogens is 298 g/mol. The molecule has 7 heteroatoms. The molecule has 2 amide bonds. The lowest BCUT2D eigenvalue weighted by Gasteiger charge is -2.16. The lowest BCUT2D eigenvalue weighted by Crippen LogP contribution is -2.31. The van der Waals surface area contributed by atoms with Gasteiger partial charge in [-0.25, -0.2) is 5.48 Å². The zero-order chi connectivity index (χ0) is 16.7. The highest BCUT2D eigenvalue weighted by Gasteiger charge is 2.33. The second-order valence-corrected chi connectivity index (χ2v) is 5.30. The smallest absolute Gasteiger partial charge is 0.281 e. The first-order valence-corrected chi connectivity index (χ1v) is 7.64. The number of para-hydroxylation sites is 1. The predicted molar refractivity (Wildman–Crippen MR) is 85.4 cm³/mol. The van der Waals surface area contributed by atoms with Crippen LogP contribution in [0.1, 0.15) is 37.7 Å². The molecule has 1 heterocycles. The average molecular weight is 319 g/mol. The number of oxime groups is 1. The monoisotopic (exact) mass is 319 g/mol. The van der Waals surface area contributed by atoms with Gasteiger partial charge in [-0.3, -0.25) is 14.8 Å². The molecule has 1 aromatic carbocycles. The van der Waals surface area contributed by atoms with Crippen LogP contribution in [-0.4, -0.2) is 36.4 Å². The molecule has 0 bridgehead atoms. The lowest BCUT2D eigenvalue weighted by atomic mass is 10.1. The Morgan fingerprint density at radius 1 is 1.26 bits per heavy atom. The number of hydrogen-bond donors (Lipinski definition) is 2. The summed E-state index contributed by atoms with van der Waals surface area (Å²) in [7, 11) is 1.42. The Morgan fingerprint density at radius 3 is 2.74 bits per heavy atom. The topological polar surface area (TPSA) is 91.2 Å². The molecule has 0 fully saturated rings. The van der Waals surface area contributed by atoms with Crippen LogP contribution in [0.5, 0.6) is 0 Å². The summed E-state index contributed by atoms with van der Waals surface area (Å²) in [5.74, 6) is -0.512. The number of rotatable bonds is 8. The zero-order valence-electron chi connectivity index (χ0n) is 13.1. The number of hydroxylamine groups is 1. The summed E-state index contributed by atoms with van der Waals surface area (Å²) >= 11 is 0. The van der Waals surface area contributed by atoms with E-state index in [1.54, 1.807) is 10.4 Å². The van der Waals surface area contributed by atoms with Gasteiger partial charge in [0.2, 0.25) is 5.91 Å². The van der Waals surface area contributed by atoms with Gasteiger partial charge in [0.25, 0.3) is 5.91 Å².